The fourth-order valence-electron chi connectivity index (χ4n) is 1.31. The Morgan fingerprint density at radius 1 is 1.36 bits per heavy atom. The highest BCUT2D eigenvalue weighted by Gasteiger charge is 2.10. The van der Waals surface area contributed by atoms with Crippen LogP contribution in [0.5, 0.6) is 0 Å². The number of nitrogens with two attached hydrogens (primary N) is 1. The predicted octanol–water partition coefficient (Wildman–Crippen LogP) is 0.869. The second-order valence-electron chi connectivity index (χ2n) is 3.37. The zero-order valence-corrected chi connectivity index (χ0v) is 9.05. The lowest BCUT2D eigenvalue weighted by atomic mass is 10.2. The van der Waals surface area contributed by atoms with Crippen molar-refractivity contribution in [1.82, 2.24) is 0 Å². The maximum absolute atomic E-state index is 11.4. The highest BCUT2D eigenvalue weighted by Crippen LogP contribution is 2.08. The van der Waals surface area contributed by atoms with Gasteiger partial charge in [-0.3, -0.25) is 0 Å². The van der Waals surface area contributed by atoms with Crippen molar-refractivity contribution in [2.75, 3.05) is 12.3 Å². The Kier molecular flexibility index (Phi) is 3.66. The van der Waals surface area contributed by atoms with E-state index >= 15 is 0 Å². The van der Waals surface area contributed by atoms with Crippen molar-refractivity contribution in [3.63, 3.8) is 0 Å². The molecule has 3 nitrogen and oxygen atoms in total. The van der Waals surface area contributed by atoms with Crippen LogP contribution in [0.3, 0.4) is 0 Å². The van der Waals surface area contributed by atoms with Crippen LogP contribution in [-0.2, 0) is 15.6 Å². The maximum atomic E-state index is 11.4. The lowest BCUT2D eigenvalue weighted by Crippen LogP contribution is -2.17. The Morgan fingerprint density at radius 2 is 2.07 bits per heavy atom. The van der Waals surface area contributed by atoms with Gasteiger partial charge in [0.05, 0.1) is 11.5 Å². The summed E-state index contributed by atoms with van der Waals surface area (Å²) in [5.41, 5.74) is 7.13. The Hall–Kier alpha value is -0.870. The monoisotopic (exact) mass is 213 g/mol. The van der Waals surface area contributed by atoms with Crippen LogP contribution in [0.25, 0.3) is 0 Å². The van der Waals surface area contributed by atoms with Crippen molar-refractivity contribution in [2.45, 2.75) is 12.7 Å². The summed E-state index contributed by atoms with van der Waals surface area (Å²) in [6, 6.07) is 7.51. The van der Waals surface area contributed by atoms with Crippen LogP contribution >= 0.6 is 0 Å². The molecule has 0 saturated heterocycles. The number of sulfone groups is 1. The van der Waals surface area contributed by atoms with Gasteiger partial charge in [0.2, 0.25) is 0 Å². The van der Waals surface area contributed by atoms with Gasteiger partial charge in [-0.15, -0.1) is 0 Å². The van der Waals surface area contributed by atoms with Crippen molar-refractivity contribution in [2.24, 2.45) is 5.73 Å². The summed E-state index contributed by atoms with van der Waals surface area (Å²) in [7, 11) is -3.03. The van der Waals surface area contributed by atoms with E-state index in [9.17, 15) is 8.42 Å². The Labute approximate surface area is 84.9 Å². The lowest BCUT2D eigenvalue weighted by molar-refractivity contribution is 0.595. The van der Waals surface area contributed by atoms with Crippen LogP contribution in [0.4, 0.5) is 0 Å². The van der Waals surface area contributed by atoms with Gasteiger partial charge < -0.3 is 5.73 Å². The van der Waals surface area contributed by atoms with E-state index < -0.39 is 9.84 Å². The molecule has 1 aromatic rings. The summed E-state index contributed by atoms with van der Waals surface area (Å²) in [5.74, 6) is 0.146. The molecule has 0 aliphatic carbocycles. The standard InChI is InChI=1S/C10H15NO2S/c1-9-3-2-4-10(7-9)8-14(12,13)6-5-11/h2-4,7H,5-6,8,11H2,1H3. The minimum absolute atomic E-state index is 0.0565. The number of benzene rings is 1. The van der Waals surface area contributed by atoms with E-state index in [-0.39, 0.29) is 18.1 Å². The van der Waals surface area contributed by atoms with Crippen molar-refractivity contribution in [3.05, 3.63) is 35.4 Å². The van der Waals surface area contributed by atoms with Gasteiger partial charge in [-0.1, -0.05) is 29.8 Å². The number of rotatable bonds is 4. The SMILES string of the molecule is Cc1cccc(CS(=O)(=O)CCN)c1. The summed E-state index contributed by atoms with van der Waals surface area (Å²) >= 11 is 0. The van der Waals surface area contributed by atoms with Gasteiger partial charge in [-0.2, -0.15) is 0 Å². The summed E-state index contributed by atoms with van der Waals surface area (Å²) in [4.78, 5) is 0. The number of hydrogen-bond donors (Lipinski definition) is 1. The van der Waals surface area contributed by atoms with Crippen LogP contribution in [-0.4, -0.2) is 20.7 Å². The largest absolute Gasteiger partial charge is 0.329 e. The zero-order chi connectivity index (χ0) is 10.6. The third kappa shape index (κ3) is 3.47. The van der Waals surface area contributed by atoms with Crippen molar-refractivity contribution < 1.29 is 8.42 Å². The first-order chi connectivity index (χ1) is 6.53. The van der Waals surface area contributed by atoms with Gasteiger partial charge in [0.25, 0.3) is 0 Å². The Bertz CT molecular complexity index is 398. The van der Waals surface area contributed by atoms with Gasteiger partial charge >= 0.3 is 0 Å². The summed E-state index contributed by atoms with van der Waals surface area (Å²) in [5, 5.41) is 0. The molecule has 0 aliphatic rings. The molecule has 2 N–H and O–H groups in total. The topological polar surface area (TPSA) is 60.2 Å². The molecule has 0 spiro atoms. The first-order valence-corrected chi connectivity index (χ1v) is 6.32. The number of hydrogen-bond acceptors (Lipinski definition) is 3. The van der Waals surface area contributed by atoms with Gasteiger partial charge in [0, 0.05) is 6.54 Å². The molecular weight excluding hydrogens is 198 g/mol. The van der Waals surface area contributed by atoms with Crippen LogP contribution < -0.4 is 5.73 Å². The highest BCUT2D eigenvalue weighted by molar-refractivity contribution is 7.90. The normalized spacial score (nSPS) is 11.6. The molecule has 1 aromatic carbocycles. The Morgan fingerprint density at radius 3 is 2.64 bits per heavy atom. The summed E-state index contributed by atoms with van der Waals surface area (Å²) in [6.45, 7) is 2.13. The van der Waals surface area contributed by atoms with Gasteiger partial charge in [-0.25, -0.2) is 8.42 Å². The average Bonchev–Trinajstić information content (AvgIpc) is 2.02. The van der Waals surface area contributed by atoms with Gasteiger partial charge in [-0.05, 0) is 12.5 Å². The molecule has 0 amide bonds. The van der Waals surface area contributed by atoms with Crippen LogP contribution in [0, 0.1) is 6.92 Å². The molecule has 0 aliphatic heterocycles. The molecule has 0 bridgehead atoms. The van der Waals surface area contributed by atoms with E-state index in [0.29, 0.717) is 0 Å². The second-order valence-corrected chi connectivity index (χ2v) is 5.55. The molecule has 0 saturated carbocycles. The summed E-state index contributed by atoms with van der Waals surface area (Å²) in [6.07, 6.45) is 0. The van der Waals surface area contributed by atoms with E-state index in [2.05, 4.69) is 0 Å². The molecule has 4 heteroatoms. The quantitative estimate of drug-likeness (QED) is 0.807. The lowest BCUT2D eigenvalue weighted by Gasteiger charge is -2.03. The van der Waals surface area contributed by atoms with Crippen molar-refractivity contribution in [1.29, 1.82) is 0 Å². The van der Waals surface area contributed by atoms with Gasteiger partial charge in [0.1, 0.15) is 0 Å². The predicted molar refractivity (Wildman–Crippen MR) is 57.7 cm³/mol. The molecule has 1 rings (SSSR count). The van der Waals surface area contributed by atoms with Crippen LogP contribution in [0.1, 0.15) is 11.1 Å². The highest BCUT2D eigenvalue weighted by atomic mass is 32.2. The van der Waals surface area contributed by atoms with Crippen LogP contribution in [0.15, 0.2) is 24.3 Å². The van der Waals surface area contributed by atoms with Crippen molar-refractivity contribution in [3.8, 4) is 0 Å². The average molecular weight is 213 g/mol. The van der Waals surface area contributed by atoms with Gasteiger partial charge in [0.15, 0.2) is 9.84 Å². The molecule has 0 radical (unpaired) electrons. The molecule has 14 heavy (non-hydrogen) atoms. The van der Waals surface area contributed by atoms with E-state index in [1.54, 1.807) is 0 Å². The second kappa shape index (κ2) is 4.57. The first kappa shape index (κ1) is 11.2. The Balaban J connectivity index is 2.79. The first-order valence-electron chi connectivity index (χ1n) is 4.49. The minimum Gasteiger partial charge on any atom is -0.329 e. The molecule has 0 unspecified atom stereocenters. The van der Waals surface area contributed by atoms with E-state index in [1.807, 2.05) is 31.2 Å². The smallest absolute Gasteiger partial charge is 0.155 e. The van der Waals surface area contributed by atoms with E-state index in [1.165, 1.54) is 0 Å². The molecule has 78 valence electrons. The van der Waals surface area contributed by atoms with Crippen molar-refractivity contribution >= 4 is 9.84 Å². The van der Waals surface area contributed by atoms with E-state index in [0.717, 1.165) is 11.1 Å². The third-order valence-corrected chi connectivity index (χ3v) is 3.53. The molecule has 0 heterocycles. The summed E-state index contributed by atoms with van der Waals surface area (Å²) < 4.78 is 22.9. The molecule has 0 atom stereocenters. The third-order valence-electron chi connectivity index (χ3n) is 1.90. The fourth-order valence-corrected chi connectivity index (χ4v) is 2.50. The molecule has 0 fully saturated rings. The minimum atomic E-state index is -3.03. The zero-order valence-electron chi connectivity index (χ0n) is 8.23. The number of aryl methyl sites for hydroxylation is 1. The fraction of sp³-hybridized carbons (Fsp3) is 0.400. The van der Waals surface area contributed by atoms with Crippen LogP contribution in [0.2, 0.25) is 0 Å². The van der Waals surface area contributed by atoms with E-state index in [4.69, 9.17) is 5.73 Å². The molecule has 0 aromatic heterocycles. The maximum Gasteiger partial charge on any atom is 0.155 e. The molecular formula is C10H15NO2S.